The van der Waals surface area contributed by atoms with Gasteiger partial charge in [-0.25, -0.2) is 4.79 Å². The van der Waals surface area contributed by atoms with Gasteiger partial charge in [-0.3, -0.25) is 4.79 Å². The maximum absolute atomic E-state index is 12.0. The number of esters is 1. The van der Waals surface area contributed by atoms with E-state index in [4.69, 9.17) is 21.1 Å². The number of methoxy groups -OCH3 is 1. The number of nitrogens with one attached hydrogen (secondary N) is 1. The first-order valence-electron chi connectivity index (χ1n) is 8.02. The van der Waals surface area contributed by atoms with Crippen LogP contribution < -0.4 is 10.1 Å². The normalized spacial score (nSPS) is 11.8. The summed E-state index contributed by atoms with van der Waals surface area (Å²) in [4.78, 5) is 23.7. The van der Waals surface area contributed by atoms with E-state index in [9.17, 15) is 9.59 Å². The first-order chi connectivity index (χ1) is 12.5. The molecule has 0 spiro atoms. The fraction of sp³-hybridized carbons (Fsp3) is 0.200. The van der Waals surface area contributed by atoms with Crippen LogP contribution in [-0.2, 0) is 14.3 Å². The van der Waals surface area contributed by atoms with Crippen LogP contribution in [-0.4, -0.2) is 25.6 Å². The van der Waals surface area contributed by atoms with Crippen LogP contribution in [0.2, 0.25) is 5.02 Å². The topological polar surface area (TPSA) is 64.6 Å². The van der Waals surface area contributed by atoms with Crippen molar-refractivity contribution in [3.63, 3.8) is 0 Å². The summed E-state index contributed by atoms with van der Waals surface area (Å²) >= 11 is 5.80. The molecule has 0 aromatic heterocycles. The number of halogens is 1. The minimum absolute atomic E-state index is 0.276. The Labute approximate surface area is 157 Å². The fourth-order valence-electron chi connectivity index (χ4n) is 2.31. The third-order valence-electron chi connectivity index (χ3n) is 3.61. The number of benzene rings is 2. The largest absolute Gasteiger partial charge is 0.496 e. The van der Waals surface area contributed by atoms with E-state index < -0.39 is 11.9 Å². The molecule has 6 heteroatoms. The highest BCUT2D eigenvalue weighted by Gasteiger charge is 2.14. The van der Waals surface area contributed by atoms with Gasteiger partial charge in [-0.2, -0.15) is 0 Å². The highest BCUT2D eigenvalue weighted by Crippen LogP contribution is 2.24. The van der Waals surface area contributed by atoms with Crippen molar-refractivity contribution in [1.82, 2.24) is 5.32 Å². The Bertz CT molecular complexity index is 787. The number of hydrogen-bond donors (Lipinski definition) is 1. The van der Waals surface area contributed by atoms with Crippen LogP contribution in [0.3, 0.4) is 0 Å². The van der Waals surface area contributed by atoms with E-state index in [2.05, 4.69) is 5.32 Å². The minimum atomic E-state index is -0.597. The standard InChI is InChI=1S/C20H20ClNO4/c1-14(17-5-3-4-6-18(17)25-2)22-19(23)13-26-20(24)12-9-15-7-10-16(21)11-8-15/h3-12,14H,13H2,1-2H3,(H,22,23)/b12-9+. The molecule has 0 bridgehead atoms. The zero-order valence-electron chi connectivity index (χ0n) is 14.6. The molecule has 0 radical (unpaired) electrons. The Morgan fingerprint density at radius 3 is 2.54 bits per heavy atom. The maximum atomic E-state index is 12.0. The van der Waals surface area contributed by atoms with E-state index in [1.54, 1.807) is 37.5 Å². The number of amides is 1. The quantitative estimate of drug-likeness (QED) is 0.592. The summed E-state index contributed by atoms with van der Waals surface area (Å²) in [5.41, 5.74) is 1.65. The van der Waals surface area contributed by atoms with Crippen LogP contribution in [0.25, 0.3) is 6.08 Å². The average Bonchev–Trinajstić information content (AvgIpc) is 2.65. The molecule has 0 aliphatic rings. The van der Waals surface area contributed by atoms with Gasteiger partial charge in [0.15, 0.2) is 6.61 Å². The van der Waals surface area contributed by atoms with Gasteiger partial charge in [0.05, 0.1) is 13.2 Å². The summed E-state index contributed by atoms with van der Waals surface area (Å²) in [7, 11) is 1.57. The van der Waals surface area contributed by atoms with Gasteiger partial charge in [0.25, 0.3) is 5.91 Å². The van der Waals surface area contributed by atoms with Crippen molar-refractivity contribution in [2.75, 3.05) is 13.7 Å². The van der Waals surface area contributed by atoms with E-state index in [0.717, 1.165) is 11.1 Å². The second-order valence-electron chi connectivity index (χ2n) is 5.52. The van der Waals surface area contributed by atoms with Crippen molar-refractivity contribution in [2.45, 2.75) is 13.0 Å². The van der Waals surface area contributed by atoms with E-state index in [0.29, 0.717) is 10.8 Å². The number of rotatable bonds is 7. The first kappa shape index (κ1) is 19.5. The van der Waals surface area contributed by atoms with E-state index in [-0.39, 0.29) is 12.6 Å². The smallest absolute Gasteiger partial charge is 0.331 e. The predicted molar refractivity (Wildman–Crippen MR) is 101 cm³/mol. The molecule has 2 aromatic rings. The van der Waals surface area contributed by atoms with Gasteiger partial charge in [-0.15, -0.1) is 0 Å². The van der Waals surface area contributed by atoms with E-state index in [1.807, 2.05) is 31.2 Å². The monoisotopic (exact) mass is 373 g/mol. The molecule has 5 nitrogen and oxygen atoms in total. The van der Waals surface area contributed by atoms with Crippen molar-refractivity contribution < 1.29 is 19.1 Å². The second-order valence-corrected chi connectivity index (χ2v) is 5.96. The zero-order valence-corrected chi connectivity index (χ0v) is 15.3. The van der Waals surface area contributed by atoms with Crippen LogP contribution in [0.4, 0.5) is 0 Å². The van der Waals surface area contributed by atoms with Crippen LogP contribution in [0.15, 0.2) is 54.6 Å². The molecule has 1 atom stereocenters. The molecule has 0 saturated heterocycles. The van der Waals surface area contributed by atoms with E-state index in [1.165, 1.54) is 6.08 Å². The summed E-state index contributed by atoms with van der Waals surface area (Å²) in [6.45, 7) is 1.47. The molecule has 0 aliphatic carbocycles. The first-order valence-corrected chi connectivity index (χ1v) is 8.40. The third-order valence-corrected chi connectivity index (χ3v) is 3.86. The molecule has 0 heterocycles. The molecule has 0 fully saturated rings. The van der Waals surface area contributed by atoms with Gasteiger partial charge in [-0.1, -0.05) is 41.9 Å². The Balaban J connectivity index is 1.82. The molecular weight excluding hydrogens is 354 g/mol. The van der Waals surface area contributed by atoms with Crippen LogP contribution in [0, 0.1) is 0 Å². The lowest BCUT2D eigenvalue weighted by Gasteiger charge is -2.17. The van der Waals surface area contributed by atoms with Crippen molar-refractivity contribution in [3.8, 4) is 5.75 Å². The Morgan fingerprint density at radius 2 is 1.85 bits per heavy atom. The summed E-state index contributed by atoms with van der Waals surface area (Å²) in [6, 6.07) is 14.1. The van der Waals surface area contributed by atoms with Crippen molar-refractivity contribution in [2.24, 2.45) is 0 Å². The highest BCUT2D eigenvalue weighted by molar-refractivity contribution is 6.30. The predicted octanol–water partition coefficient (Wildman–Crippen LogP) is 3.78. The number of para-hydroxylation sites is 1. The Kier molecular flexibility index (Phi) is 7.24. The number of ether oxygens (including phenoxy) is 2. The number of carbonyl (C=O) groups excluding carboxylic acids is 2. The highest BCUT2D eigenvalue weighted by atomic mass is 35.5. The summed E-state index contributed by atoms with van der Waals surface area (Å²) in [6.07, 6.45) is 2.86. The summed E-state index contributed by atoms with van der Waals surface area (Å²) in [5, 5.41) is 3.39. The average molecular weight is 374 g/mol. The fourth-order valence-corrected chi connectivity index (χ4v) is 2.43. The molecule has 136 valence electrons. The van der Waals surface area contributed by atoms with Gasteiger partial charge in [-0.05, 0) is 36.8 Å². The van der Waals surface area contributed by atoms with Crippen LogP contribution >= 0.6 is 11.6 Å². The lowest BCUT2D eigenvalue weighted by Crippen LogP contribution is -2.31. The number of hydrogen-bond acceptors (Lipinski definition) is 4. The number of carbonyl (C=O) groups is 2. The molecule has 26 heavy (non-hydrogen) atoms. The summed E-state index contributed by atoms with van der Waals surface area (Å²) in [5.74, 6) is -0.306. The third kappa shape index (κ3) is 5.93. The van der Waals surface area contributed by atoms with Crippen LogP contribution in [0.5, 0.6) is 5.75 Å². The minimum Gasteiger partial charge on any atom is -0.496 e. The molecule has 0 saturated carbocycles. The molecule has 1 unspecified atom stereocenters. The van der Waals surface area contributed by atoms with Gasteiger partial charge < -0.3 is 14.8 Å². The maximum Gasteiger partial charge on any atom is 0.331 e. The molecular formula is C20H20ClNO4. The van der Waals surface area contributed by atoms with Gasteiger partial charge >= 0.3 is 5.97 Å². The van der Waals surface area contributed by atoms with Crippen molar-refractivity contribution >= 4 is 29.6 Å². The van der Waals surface area contributed by atoms with Crippen molar-refractivity contribution in [3.05, 3.63) is 70.8 Å². The molecule has 0 aliphatic heterocycles. The van der Waals surface area contributed by atoms with Gasteiger partial charge in [0.1, 0.15) is 5.75 Å². The second kappa shape index (κ2) is 9.63. The molecule has 2 rings (SSSR count). The molecule has 2 aromatic carbocycles. The summed E-state index contributed by atoms with van der Waals surface area (Å²) < 4.78 is 10.2. The lowest BCUT2D eigenvalue weighted by molar-refractivity contribution is -0.144. The Morgan fingerprint density at radius 1 is 1.15 bits per heavy atom. The zero-order chi connectivity index (χ0) is 18.9. The molecule has 1 amide bonds. The van der Waals surface area contributed by atoms with Crippen molar-refractivity contribution in [1.29, 1.82) is 0 Å². The molecule has 1 N–H and O–H groups in total. The van der Waals surface area contributed by atoms with E-state index >= 15 is 0 Å². The van der Waals surface area contributed by atoms with Crippen LogP contribution in [0.1, 0.15) is 24.1 Å². The lowest BCUT2D eigenvalue weighted by atomic mass is 10.1. The van der Waals surface area contributed by atoms with Gasteiger partial charge in [0.2, 0.25) is 0 Å². The van der Waals surface area contributed by atoms with Gasteiger partial charge in [0, 0.05) is 16.7 Å². The SMILES string of the molecule is COc1ccccc1C(C)NC(=O)COC(=O)/C=C/c1ccc(Cl)cc1. The Hall–Kier alpha value is -2.79.